The van der Waals surface area contributed by atoms with Crippen LogP contribution in [-0.4, -0.2) is 40.1 Å². The van der Waals surface area contributed by atoms with Crippen LogP contribution in [0.5, 0.6) is 0 Å². The van der Waals surface area contributed by atoms with Gasteiger partial charge in [-0.05, 0) is 50.8 Å². The van der Waals surface area contributed by atoms with Crippen molar-refractivity contribution in [2.75, 3.05) is 24.5 Å². The maximum Gasteiger partial charge on any atom is 0.161 e. The predicted octanol–water partition coefficient (Wildman–Crippen LogP) is 2.82. The Morgan fingerprint density at radius 3 is 2.58 bits per heavy atom. The van der Waals surface area contributed by atoms with Crippen molar-refractivity contribution in [3.8, 4) is 11.4 Å². The van der Waals surface area contributed by atoms with Gasteiger partial charge in [0.05, 0.1) is 0 Å². The van der Waals surface area contributed by atoms with E-state index in [1.165, 1.54) is 32.2 Å². The van der Waals surface area contributed by atoms with Crippen molar-refractivity contribution in [2.45, 2.75) is 44.6 Å². The molecule has 0 saturated carbocycles. The summed E-state index contributed by atoms with van der Waals surface area (Å²) in [6.45, 7) is 5.47. The van der Waals surface area contributed by atoms with Gasteiger partial charge in [-0.1, -0.05) is 6.92 Å². The maximum atomic E-state index is 4.86. The normalized spacial score (nSPS) is 19.8. The van der Waals surface area contributed by atoms with E-state index in [2.05, 4.69) is 28.2 Å². The highest BCUT2D eigenvalue weighted by atomic mass is 15.2. The van der Waals surface area contributed by atoms with Gasteiger partial charge < -0.3 is 10.2 Å². The van der Waals surface area contributed by atoms with Gasteiger partial charge >= 0.3 is 0 Å². The lowest BCUT2D eigenvalue weighted by molar-refractivity contribution is 0.296. The van der Waals surface area contributed by atoms with Crippen LogP contribution >= 0.6 is 0 Å². The zero-order valence-electron chi connectivity index (χ0n) is 14.3. The van der Waals surface area contributed by atoms with E-state index >= 15 is 0 Å². The molecule has 4 rings (SSSR count). The Labute approximate surface area is 143 Å². The molecule has 2 aromatic rings. The van der Waals surface area contributed by atoms with Crippen LogP contribution in [0.15, 0.2) is 30.6 Å². The van der Waals surface area contributed by atoms with E-state index in [-0.39, 0.29) is 0 Å². The number of rotatable bonds is 3. The quantitative estimate of drug-likeness (QED) is 0.941. The van der Waals surface area contributed by atoms with E-state index in [1.54, 1.807) is 12.4 Å². The average molecular weight is 323 g/mol. The van der Waals surface area contributed by atoms with Gasteiger partial charge in [-0.25, -0.2) is 9.97 Å². The van der Waals surface area contributed by atoms with E-state index < -0.39 is 0 Å². The van der Waals surface area contributed by atoms with E-state index in [9.17, 15) is 0 Å². The fourth-order valence-electron chi connectivity index (χ4n) is 3.92. The largest absolute Gasteiger partial charge is 0.356 e. The number of aromatic nitrogens is 3. The first-order valence-electron chi connectivity index (χ1n) is 9.06. The van der Waals surface area contributed by atoms with Crippen LogP contribution in [0.4, 0.5) is 5.82 Å². The molecule has 5 heteroatoms. The Morgan fingerprint density at radius 1 is 1.12 bits per heavy atom. The summed E-state index contributed by atoms with van der Waals surface area (Å²) in [6.07, 6.45) is 9.59. The molecule has 0 amide bonds. The van der Waals surface area contributed by atoms with Crippen molar-refractivity contribution in [1.82, 2.24) is 20.3 Å². The lowest BCUT2D eigenvalue weighted by Gasteiger charge is -2.40. The minimum atomic E-state index is 0.394. The third-order valence-electron chi connectivity index (χ3n) is 5.44. The third kappa shape index (κ3) is 3.00. The summed E-state index contributed by atoms with van der Waals surface area (Å²) in [4.78, 5) is 16.1. The molecule has 0 radical (unpaired) electrons. The molecule has 0 bridgehead atoms. The summed E-state index contributed by atoms with van der Waals surface area (Å²) in [7, 11) is 0. The predicted molar refractivity (Wildman–Crippen MR) is 96.1 cm³/mol. The third-order valence-corrected chi connectivity index (χ3v) is 5.44. The van der Waals surface area contributed by atoms with Crippen molar-refractivity contribution < 1.29 is 0 Å². The van der Waals surface area contributed by atoms with Crippen LogP contribution in [0, 0.1) is 0 Å². The smallest absolute Gasteiger partial charge is 0.161 e. The molecule has 0 aliphatic carbocycles. The molecule has 2 saturated heterocycles. The van der Waals surface area contributed by atoms with Crippen molar-refractivity contribution in [2.24, 2.45) is 0 Å². The molecule has 2 aliphatic rings. The van der Waals surface area contributed by atoms with Gasteiger partial charge in [0.1, 0.15) is 5.82 Å². The molecule has 1 spiro atoms. The van der Waals surface area contributed by atoms with Gasteiger partial charge in [0.25, 0.3) is 0 Å². The Bertz CT molecular complexity index is 684. The fourth-order valence-corrected chi connectivity index (χ4v) is 3.92. The lowest BCUT2D eigenvalue weighted by atomic mass is 9.86. The van der Waals surface area contributed by atoms with E-state index in [0.29, 0.717) is 5.54 Å². The summed E-state index contributed by atoms with van der Waals surface area (Å²) < 4.78 is 0. The summed E-state index contributed by atoms with van der Waals surface area (Å²) >= 11 is 0. The van der Waals surface area contributed by atoms with E-state index in [1.807, 2.05) is 12.1 Å². The summed E-state index contributed by atoms with van der Waals surface area (Å²) in [5.41, 5.74) is 2.53. The molecular weight excluding hydrogens is 298 g/mol. The Morgan fingerprint density at radius 2 is 1.92 bits per heavy atom. The number of pyridine rings is 1. The number of hydrogen-bond acceptors (Lipinski definition) is 5. The molecule has 2 aromatic heterocycles. The van der Waals surface area contributed by atoms with Gasteiger partial charge in [-0.15, -0.1) is 0 Å². The molecule has 4 heterocycles. The topological polar surface area (TPSA) is 53.9 Å². The maximum absolute atomic E-state index is 4.86. The fraction of sp³-hybridized carbons (Fsp3) is 0.526. The zero-order valence-corrected chi connectivity index (χ0v) is 14.3. The highest BCUT2D eigenvalue weighted by molar-refractivity contribution is 5.57. The van der Waals surface area contributed by atoms with Gasteiger partial charge in [-0.3, -0.25) is 4.98 Å². The highest BCUT2D eigenvalue weighted by Gasteiger charge is 2.37. The summed E-state index contributed by atoms with van der Waals surface area (Å²) in [6, 6.07) is 6.11. The van der Waals surface area contributed by atoms with Crippen LogP contribution < -0.4 is 10.2 Å². The molecule has 126 valence electrons. The molecular formula is C19H25N5. The second kappa shape index (κ2) is 6.48. The monoisotopic (exact) mass is 323 g/mol. The number of aryl methyl sites for hydroxylation is 1. The van der Waals surface area contributed by atoms with Crippen LogP contribution in [-0.2, 0) is 6.42 Å². The molecule has 24 heavy (non-hydrogen) atoms. The van der Waals surface area contributed by atoms with Crippen molar-refractivity contribution in [3.05, 3.63) is 36.3 Å². The zero-order chi connectivity index (χ0) is 16.4. The van der Waals surface area contributed by atoms with E-state index in [4.69, 9.17) is 9.97 Å². The molecule has 0 unspecified atom stereocenters. The molecule has 0 atom stereocenters. The number of nitrogens with one attached hydrogen (secondary N) is 1. The van der Waals surface area contributed by atoms with Crippen molar-refractivity contribution >= 4 is 5.82 Å². The van der Waals surface area contributed by atoms with Crippen LogP contribution in [0.3, 0.4) is 0 Å². The minimum absolute atomic E-state index is 0.394. The van der Waals surface area contributed by atoms with Gasteiger partial charge in [0.2, 0.25) is 0 Å². The summed E-state index contributed by atoms with van der Waals surface area (Å²) in [5, 5.41) is 3.74. The first kappa shape index (κ1) is 15.5. The second-order valence-electron chi connectivity index (χ2n) is 6.93. The Hall–Kier alpha value is -2.01. The second-order valence-corrected chi connectivity index (χ2v) is 6.93. The number of hydrogen-bond donors (Lipinski definition) is 1. The Balaban J connectivity index is 1.59. The standard InChI is InChI=1S/C19H25N5/c1-2-16-14-17(23-18(22-16)15-4-10-20-11-5-15)24-12-7-19(8-13-24)6-3-9-21-19/h4-5,10-11,14,21H,2-3,6-9,12-13H2,1H3. The van der Waals surface area contributed by atoms with Gasteiger partial charge in [-0.2, -0.15) is 0 Å². The van der Waals surface area contributed by atoms with Crippen LogP contribution in [0.2, 0.25) is 0 Å². The average Bonchev–Trinajstić information content (AvgIpc) is 3.10. The van der Waals surface area contributed by atoms with Crippen LogP contribution in [0.1, 0.15) is 38.3 Å². The van der Waals surface area contributed by atoms with Gasteiger partial charge in [0.15, 0.2) is 5.82 Å². The number of piperidine rings is 1. The highest BCUT2D eigenvalue weighted by Crippen LogP contribution is 2.32. The first-order valence-corrected chi connectivity index (χ1v) is 9.06. The minimum Gasteiger partial charge on any atom is -0.356 e. The first-order chi connectivity index (χ1) is 11.8. The molecule has 1 N–H and O–H groups in total. The number of anilines is 1. The SMILES string of the molecule is CCc1cc(N2CCC3(CCCN3)CC2)nc(-c2ccncc2)n1. The van der Waals surface area contributed by atoms with Gasteiger partial charge in [0, 0.05) is 48.3 Å². The Kier molecular flexibility index (Phi) is 4.19. The molecule has 5 nitrogen and oxygen atoms in total. The lowest BCUT2D eigenvalue weighted by Crippen LogP contribution is -2.50. The number of nitrogens with zero attached hydrogens (tertiary/aromatic N) is 4. The molecule has 2 fully saturated rings. The summed E-state index contributed by atoms with van der Waals surface area (Å²) in [5.74, 6) is 1.88. The molecule has 0 aromatic carbocycles. The van der Waals surface area contributed by atoms with Crippen molar-refractivity contribution in [1.29, 1.82) is 0 Å². The van der Waals surface area contributed by atoms with Crippen molar-refractivity contribution in [3.63, 3.8) is 0 Å². The molecule has 2 aliphatic heterocycles. The van der Waals surface area contributed by atoms with Crippen LogP contribution in [0.25, 0.3) is 11.4 Å². The van der Waals surface area contributed by atoms with E-state index in [0.717, 1.165) is 42.4 Å².